The summed E-state index contributed by atoms with van der Waals surface area (Å²) in [5.41, 5.74) is 0.916. The van der Waals surface area contributed by atoms with E-state index >= 15 is 0 Å². The first-order chi connectivity index (χ1) is 9.17. The largest absolute Gasteiger partial charge is 0.481 e. The van der Waals surface area contributed by atoms with Gasteiger partial charge in [0.15, 0.2) is 11.0 Å². The van der Waals surface area contributed by atoms with Crippen LogP contribution in [0.1, 0.15) is 19.6 Å². The van der Waals surface area contributed by atoms with Gasteiger partial charge in [0.05, 0.1) is 17.6 Å². The number of aromatic nitrogens is 3. The van der Waals surface area contributed by atoms with E-state index in [-0.39, 0.29) is 5.75 Å². The standard InChI is InChI=1S/C12H15N3O3S/c1-3-9-8(5-6-18-9)11-13-14-12(15(11)4-2)19-7-10(16)17/h5-6H,3-4,7H2,1-2H3,(H,16,17). The third-order valence-corrected chi connectivity index (χ3v) is 3.62. The molecule has 0 spiro atoms. The summed E-state index contributed by atoms with van der Waals surface area (Å²) >= 11 is 1.17. The Labute approximate surface area is 114 Å². The maximum Gasteiger partial charge on any atom is 0.313 e. The number of carboxylic acids is 1. The minimum Gasteiger partial charge on any atom is -0.481 e. The Kier molecular flexibility index (Phi) is 4.26. The molecule has 19 heavy (non-hydrogen) atoms. The van der Waals surface area contributed by atoms with Crippen LogP contribution < -0.4 is 0 Å². The lowest BCUT2D eigenvalue weighted by molar-refractivity contribution is -0.133. The van der Waals surface area contributed by atoms with Crippen molar-refractivity contribution in [3.8, 4) is 11.4 Å². The highest BCUT2D eigenvalue weighted by Crippen LogP contribution is 2.27. The van der Waals surface area contributed by atoms with E-state index in [0.29, 0.717) is 11.7 Å². The molecule has 2 heterocycles. The molecule has 2 aromatic heterocycles. The smallest absolute Gasteiger partial charge is 0.313 e. The third kappa shape index (κ3) is 2.81. The first-order valence-electron chi connectivity index (χ1n) is 6.01. The lowest BCUT2D eigenvalue weighted by Crippen LogP contribution is -2.03. The summed E-state index contributed by atoms with van der Waals surface area (Å²) in [4.78, 5) is 10.6. The van der Waals surface area contributed by atoms with Crippen LogP contribution in [0.2, 0.25) is 0 Å². The van der Waals surface area contributed by atoms with Crippen LogP contribution in [0, 0.1) is 0 Å². The zero-order valence-corrected chi connectivity index (χ0v) is 11.6. The van der Waals surface area contributed by atoms with Gasteiger partial charge in [-0.25, -0.2) is 0 Å². The van der Waals surface area contributed by atoms with E-state index in [0.717, 1.165) is 23.6 Å². The van der Waals surface area contributed by atoms with Gasteiger partial charge in [0.2, 0.25) is 0 Å². The van der Waals surface area contributed by atoms with Crippen molar-refractivity contribution in [1.29, 1.82) is 0 Å². The van der Waals surface area contributed by atoms with E-state index in [1.54, 1.807) is 6.26 Å². The molecule has 0 saturated carbocycles. The second-order valence-electron chi connectivity index (χ2n) is 3.84. The Morgan fingerprint density at radius 1 is 1.47 bits per heavy atom. The molecule has 0 bridgehead atoms. The van der Waals surface area contributed by atoms with E-state index in [4.69, 9.17) is 9.52 Å². The number of rotatable bonds is 6. The average molecular weight is 281 g/mol. The number of aryl methyl sites for hydroxylation is 1. The summed E-state index contributed by atoms with van der Waals surface area (Å²) in [6, 6.07) is 1.86. The maximum absolute atomic E-state index is 10.6. The molecule has 0 unspecified atom stereocenters. The van der Waals surface area contributed by atoms with Crippen molar-refractivity contribution in [2.75, 3.05) is 5.75 Å². The number of hydrogen-bond donors (Lipinski definition) is 1. The fourth-order valence-corrected chi connectivity index (χ4v) is 2.54. The van der Waals surface area contributed by atoms with Crippen LogP contribution in [0.15, 0.2) is 21.9 Å². The van der Waals surface area contributed by atoms with Crippen molar-refractivity contribution < 1.29 is 14.3 Å². The van der Waals surface area contributed by atoms with E-state index in [9.17, 15) is 4.79 Å². The summed E-state index contributed by atoms with van der Waals surface area (Å²) in [6.45, 7) is 4.66. The van der Waals surface area contributed by atoms with Gasteiger partial charge in [0, 0.05) is 13.0 Å². The molecule has 0 aliphatic heterocycles. The van der Waals surface area contributed by atoms with Gasteiger partial charge in [-0.2, -0.15) is 0 Å². The van der Waals surface area contributed by atoms with Crippen LogP contribution in [-0.4, -0.2) is 31.6 Å². The minimum atomic E-state index is -0.866. The first kappa shape index (κ1) is 13.7. The quantitative estimate of drug-likeness (QED) is 0.818. The Hall–Kier alpha value is -1.76. The number of carboxylic acid groups (broad SMARTS) is 1. The summed E-state index contributed by atoms with van der Waals surface area (Å²) in [5.74, 6) is 0.692. The molecular formula is C12H15N3O3S. The summed E-state index contributed by atoms with van der Waals surface area (Å²) < 4.78 is 7.29. The fourth-order valence-electron chi connectivity index (χ4n) is 1.82. The van der Waals surface area contributed by atoms with Crippen molar-refractivity contribution in [3.05, 3.63) is 18.1 Å². The molecule has 0 fully saturated rings. The predicted octanol–water partition coefficient (Wildman–Crippen LogP) is 2.30. The number of hydrogen-bond acceptors (Lipinski definition) is 5. The van der Waals surface area contributed by atoms with E-state index in [1.807, 2.05) is 24.5 Å². The average Bonchev–Trinajstić information content (AvgIpc) is 3.01. The van der Waals surface area contributed by atoms with Crippen LogP contribution in [0.25, 0.3) is 11.4 Å². The molecule has 1 N–H and O–H groups in total. The Bertz CT molecular complexity index is 577. The van der Waals surface area contributed by atoms with E-state index in [2.05, 4.69) is 10.2 Å². The molecular weight excluding hydrogens is 266 g/mol. The Morgan fingerprint density at radius 2 is 2.26 bits per heavy atom. The monoisotopic (exact) mass is 281 g/mol. The van der Waals surface area contributed by atoms with Gasteiger partial charge >= 0.3 is 5.97 Å². The van der Waals surface area contributed by atoms with Gasteiger partial charge < -0.3 is 14.1 Å². The molecule has 0 radical (unpaired) electrons. The first-order valence-corrected chi connectivity index (χ1v) is 7.00. The van der Waals surface area contributed by atoms with Crippen LogP contribution in [-0.2, 0) is 17.8 Å². The van der Waals surface area contributed by atoms with Crippen molar-refractivity contribution in [3.63, 3.8) is 0 Å². The zero-order valence-electron chi connectivity index (χ0n) is 10.8. The van der Waals surface area contributed by atoms with Crippen LogP contribution >= 0.6 is 11.8 Å². The van der Waals surface area contributed by atoms with Gasteiger partial charge in [0.25, 0.3) is 0 Å². The molecule has 0 amide bonds. The second kappa shape index (κ2) is 5.92. The number of nitrogens with zero attached hydrogens (tertiary/aromatic N) is 3. The van der Waals surface area contributed by atoms with Crippen LogP contribution in [0.5, 0.6) is 0 Å². The highest BCUT2D eigenvalue weighted by Gasteiger charge is 2.17. The lowest BCUT2D eigenvalue weighted by atomic mass is 10.2. The van der Waals surface area contributed by atoms with Gasteiger partial charge in [0.1, 0.15) is 5.76 Å². The molecule has 0 aromatic carbocycles. The summed E-state index contributed by atoms with van der Waals surface area (Å²) in [7, 11) is 0. The maximum atomic E-state index is 10.6. The number of furan rings is 1. The van der Waals surface area contributed by atoms with Crippen LogP contribution in [0.4, 0.5) is 0 Å². The Morgan fingerprint density at radius 3 is 2.89 bits per heavy atom. The molecule has 102 valence electrons. The molecule has 0 saturated heterocycles. The SMILES string of the molecule is CCc1occc1-c1nnc(SCC(=O)O)n1CC. The number of thioether (sulfide) groups is 1. The molecule has 0 aliphatic rings. The second-order valence-corrected chi connectivity index (χ2v) is 4.79. The van der Waals surface area contributed by atoms with Crippen LogP contribution in [0.3, 0.4) is 0 Å². The van der Waals surface area contributed by atoms with Crippen molar-refractivity contribution in [2.24, 2.45) is 0 Å². The predicted molar refractivity (Wildman–Crippen MR) is 71.1 cm³/mol. The van der Waals surface area contributed by atoms with Crippen molar-refractivity contribution in [1.82, 2.24) is 14.8 Å². The number of aliphatic carboxylic acids is 1. The molecule has 2 aromatic rings. The summed E-state index contributed by atoms with van der Waals surface area (Å²) in [6.07, 6.45) is 2.41. The molecule has 6 nitrogen and oxygen atoms in total. The van der Waals surface area contributed by atoms with Gasteiger partial charge in [-0.1, -0.05) is 18.7 Å². The minimum absolute atomic E-state index is 0.0237. The highest BCUT2D eigenvalue weighted by atomic mass is 32.2. The van der Waals surface area contributed by atoms with Gasteiger partial charge in [-0.15, -0.1) is 10.2 Å². The third-order valence-electron chi connectivity index (χ3n) is 2.67. The lowest BCUT2D eigenvalue weighted by Gasteiger charge is -2.06. The summed E-state index contributed by atoms with van der Waals surface area (Å²) in [5, 5.41) is 17.5. The van der Waals surface area contributed by atoms with Gasteiger partial charge in [-0.05, 0) is 13.0 Å². The zero-order chi connectivity index (χ0) is 13.8. The fraction of sp³-hybridized carbons (Fsp3) is 0.417. The molecule has 7 heteroatoms. The van der Waals surface area contributed by atoms with Crippen molar-refractivity contribution >= 4 is 17.7 Å². The normalized spacial score (nSPS) is 10.8. The Balaban J connectivity index is 2.34. The molecule has 2 rings (SSSR count). The van der Waals surface area contributed by atoms with E-state index < -0.39 is 5.97 Å². The van der Waals surface area contributed by atoms with E-state index in [1.165, 1.54) is 11.8 Å². The number of carbonyl (C=O) groups is 1. The van der Waals surface area contributed by atoms with Crippen molar-refractivity contribution in [2.45, 2.75) is 32.0 Å². The highest BCUT2D eigenvalue weighted by molar-refractivity contribution is 7.99. The molecule has 0 aliphatic carbocycles. The van der Waals surface area contributed by atoms with Gasteiger partial charge in [-0.3, -0.25) is 4.79 Å². The molecule has 0 atom stereocenters. The topological polar surface area (TPSA) is 81.2 Å².